The number of carbonyl (C=O) groups excluding carboxylic acids is 1. The first-order valence-corrected chi connectivity index (χ1v) is 6.41. The predicted molar refractivity (Wildman–Crippen MR) is 71.4 cm³/mol. The number of hydrogen-bond acceptors (Lipinski definition) is 3. The van der Waals surface area contributed by atoms with Gasteiger partial charge >= 0.3 is 5.97 Å². The summed E-state index contributed by atoms with van der Waals surface area (Å²) >= 11 is 0. The van der Waals surface area contributed by atoms with Gasteiger partial charge in [-0.15, -0.1) is 0 Å². The topological polar surface area (TPSA) is 78.4 Å². The van der Waals surface area contributed by atoms with E-state index in [1.54, 1.807) is 20.8 Å². The molecule has 106 valence electrons. The van der Waals surface area contributed by atoms with Crippen LogP contribution >= 0.6 is 0 Å². The Balaban J connectivity index is 4.63. The van der Waals surface area contributed by atoms with Crippen molar-refractivity contribution in [2.24, 2.45) is 0 Å². The number of amides is 1. The molecular formula is C13H26N2O3. The van der Waals surface area contributed by atoms with Crippen molar-refractivity contribution >= 4 is 11.9 Å². The monoisotopic (exact) mass is 258 g/mol. The van der Waals surface area contributed by atoms with E-state index in [1.807, 2.05) is 20.8 Å². The molecule has 0 saturated heterocycles. The van der Waals surface area contributed by atoms with Gasteiger partial charge in [-0.3, -0.25) is 14.9 Å². The van der Waals surface area contributed by atoms with E-state index >= 15 is 0 Å². The third kappa shape index (κ3) is 4.64. The maximum absolute atomic E-state index is 12.0. The lowest BCUT2D eigenvalue weighted by Gasteiger charge is -2.31. The molecule has 0 aliphatic rings. The summed E-state index contributed by atoms with van der Waals surface area (Å²) in [4.78, 5) is 23.1. The molecule has 0 saturated carbocycles. The molecule has 3 N–H and O–H groups in total. The van der Waals surface area contributed by atoms with E-state index in [4.69, 9.17) is 5.11 Å². The summed E-state index contributed by atoms with van der Waals surface area (Å²) in [7, 11) is 0. The number of hydrogen-bond donors (Lipinski definition) is 3. The maximum atomic E-state index is 12.0. The molecule has 5 nitrogen and oxygen atoms in total. The van der Waals surface area contributed by atoms with Gasteiger partial charge in [0.25, 0.3) is 0 Å². The Labute approximate surface area is 109 Å². The van der Waals surface area contributed by atoms with E-state index in [-0.39, 0.29) is 11.4 Å². The fourth-order valence-corrected chi connectivity index (χ4v) is 1.39. The summed E-state index contributed by atoms with van der Waals surface area (Å²) in [6.07, 6.45) is 1.23. The van der Waals surface area contributed by atoms with Crippen molar-refractivity contribution in [3.63, 3.8) is 0 Å². The average molecular weight is 258 g/mol. The smallest absolute Gasteiger partial charge is 0.323 e. The van der Waals surface area contributed by atoms with Crippen molar-refractivity contribution in [1.82, 2.24) is 10.6 Å². The third-order valence-corrected chi connectivity index (χ3v) is 3.45. The van der Waals surface area contributed by atoms with Crippen LogP contribution in [0.3, 0.4) is 0 Å². The largest absolute Gasteiger partial charge is 0.480 e. The maximum Gasteiger partial charge on any atom is 0.323 e. The minimum atomic E-state index is -1.08. The van der Waals surface area contributed by atoms with Crippen LogP contribution in [0.15, 0.2) is 0 Å². The molecule has 0 aromatic heterocycles. The molecule has 0 bridgehead atoms. The Kier molecular flexibility index (Phi) is 5.80. The summed E-state index contributed by atoms with van der Waals surface area (Å²) in [5.74, 6) is -1.12. The molecular weight excluding hydrogens is 232 g/mol. The standard InChI is InChI=1S/C13H26N2O3/c1-7-12(4,5)15-10(16)9(3)14-13(6,8-2)11(17)18/h9,14H,7-8H2,1-6H3,(H,15,16)(H,17,18). The molecule has 5 heteroatoms. The van der Waals surface area contributed by atoms with E-state index in [0.717, 1.165) is 6.42 Å². The molecule has 1 amide bonds. The number of carboxylic acid groups (broad SMARTS) is 1. The summed E-state index contributed by atoms with van der Waals surface area (Å²) in [5.41, 5.74) is -1.36. The lowest BCUT2D eigenvalue weighted by Crippen LogP contribution is -2.58. The van der Waals surface area contributed by atoms with Crippen LogP contribution in [0.4, 0.5) is 0 Å². The van der Waals surface area contributed by atoms with E-state index in [1.165, 1.54) is 0 Å². The van der Waals surface area contributed by atoms with Crippen LogP contribution in [0.2, 0.25) is 0 Å². The van der Waals surface area contributed by atoms with Crippen molar-refractivity contribution in [2.75, 3.05) is 0 Å². The van der Waals surface area contributed by atoms with Gasteiger partial charge in [0.05, 0.1) is 6.04 Å². The minimum Gasteiger partial charge on any atom is -0.480 e. The molecule has 0 heterocycles. The van der Waals surface area contributed by atoms with Gasteiger partial charge in [0.15, 0.2) is 0 Å². The normalized spacial score (nSPS) is 16.8. The predicted octanol–water partition coefficient (Wildman–Crippen LogP) is 1.52. The summed E-state index contributed by atoms with van der Waals surface area (Å²) < 4.78 is 0. The molecule has 2 atom stereocenters. The molecule has 0 aliphatic carbocycles. The molecule has 18 heavy (non-hydrogen) atoms. The second kappa shape index (κ2) is 6.18. The molecule has 0 aromatic rings. The molecule has 0 fully saturated rings. The molecule has 0 aliphatic heterocycles. The van der Waals surface area contributed by atoms with Gasteiger partial charge in [-0.2, -0.15) is 0 Å². The van der Waals surface area contributed by atoms with Crippen molar-refractivity contribution in [3.05, 3.63) is 0 Å². The molecule has 2 unspecified atom stereocenters. The van der Waals surface area contributed by atoms with Gasteiger partial charge < -0.3 is 10.4 Å². The summed E-state index contributed by atoms with van der Waals surface area (Å²) in [6, 6.07) is -0.545. The van der Waals surface area contributed by atoms with Crippen LogP contribution in [-0.2, 0) is 9.59 Å². The van der Waals surface area contributed by atoms with Crippen LogP contribution < -0.4 is 10.6 Å². The third-order valence-electron chi connectivity index (χ3n) is 3.45. The highest BCUT2D eigenvalue weighted by atomic mass is 16.4. The SMILES string of the molecule is CCC(C)(C)NC(=O)C(C)NC(C)(CC)C(=O)O. The number of carbonyl (C=O) groups is 2. The first-order valence-electron chi connectivity index (χ1n) is 6.41. The second-order valence-electron chi connectivity index (χ2n) is 5.58. The highest BCUT2D eigenvalue weighted by molar-refractivity contribution is 5.84. The van der Waals surface area contributed by atoms with E-state index in [0.29, 0.717) is 6.42 Å². The Morgan fingerprint density at radius 1 is 1.17 bits per heavy atom. The average Bonchev–Trinajstić information content (AvgIpc) is 2.27. The summed E-state index contributed by atoms with van der Waals surface area (Å²) in [5, 5.41) is 14.9. The van der Waals surface area contributed by atoms with E-state index < -0.39 is 17.6 Å². The van der Waals surface area contributed by atoms with Crippen molar-refractivity contribution in [2.45, 2.75) is 71.5 Å². The number of rotatable bonds is 7. The summed E-state index contributed by atoms with van der Waals surface area (Å²) in [6.45, 7) is 10.9. The number of aliphatic carboxylic acids is 1. The lowest BCUT2D eigenvalue weighted by molar-refractivity contribution is -0.145. The van der Waals surface area contributed by atoms with E-state index in [9.17, 15) is 9.59 Å². The quantitative estimate of drug-likeness (QED) is 0.647. The molecule has 0 aromatic carbocycles. The van der Waals surface area contributed by atoms with Crippen molar-refractivity contribution in [3.8, 4) is 0 Å². The second-order valence-corrected chi connectivity index (χ2v) is 5.58. The minimum absolute atomic E-state index is 0.178. The molecule has 0 rings (SSSR count). The Morgan fingerprint density at radius 2 is 1.67 bits per heavy atom. The zero-order chi connectivity index (χ0) is 14.6. The van der Waals surface area contributed by atoms with E-state index in [2.05, 4.69) is 10.6 Å². The Bertz CT molecular complexity index is 315. The fraction of sp³-hybridized carbons (Fsp3) is 0.846. The first kappa shape index (κ1) is 16.9. The van der Waals surface area contributed by atoms with Gasteiger partial charge in [-0.05, 0) is 40.5 Å². The molecule has 0 radical (unpaired) electrons. The highest BCUT2D eigenvalue weighted by Gasteiger charge is 2.34. The zero-order valence-corrected chi connectivity index (χ0v) is 12.3. The number of nitrogens with one attached hydrogen (secondary N) is 2. The van der Waals surface area contributed by atoms with Crippen LogP contribution in [0.5, 0.6) is 0 Å². The Morgan fingerprint density at radius 3 is 2.00 bits per heavy atom. The zero-order valence-electron chi connectivity index (χ0n) is 12.3. The Hall–Kier alpha value is -1.10. The van der Waals surface area contributed by atoms with Crippen molar-refractivity contribution in [1.29, 1.82) is 0 Å². The van der Waals surface area contributed by atoms with Crippen LogP contribution in [0.25, 0.3) is 0 Å². The van der Waals surface area contributed by atoms with Crippen molar-refractivity contribution < 1.29 is 14.7 Å². The van der Waals surface area contributed by atoms with Crippen LogP contribution in [0, 0.1) is 0 Å². The fourth-order valence-electron chi connectivity index (χ4n) is 1.39. The molecule has 0 spiro atoms. The highest BCUT2D eigenvalue weighted by Crippen LogP contribution is 2.12. The van der Waals surface area contributed by atoms with Gasteiger partial charge in [-0.1, -0.05) is 13.8 Å². The lowest BCUT2D eigenvalue weighted by atomic mass is 9.97. The van der Waals surface area contributed by atoms with Crippen LogP contribution in [0.1, 0.15) is 54.4 Å². The van der Waals surface area contributed by atoms with Gasteiger partial charge in [-0.25, -0.2) is 0 Å². The number of carboxylic acids is 1. The van der Waals surface area contributed by atoms with Gasteiger partial charge in [0.1, 0.15) is 5.54 Å². The van der Waals surface area contributed by atoms with Crippen LogP contribution in [-0.4, -0.2) is 34.1 Å². The van der Waals surface area contributed by atoms with Gasteiger partial charge in [0, 0.05) is 5.54 Å². The van der Waals surface area contributed by atoms with Gasteiger partial charge in [0.2, 0.25) is 5.91 Å². The first-order chi connectivity index (χ1) is 8.08.